The molecule has 0 amide bonds. The minimum absolute atomic E-state index is 0.138. The normalized spacial score (nSPS) is 12.4. The molecule has 0 heterocycles. The van der Waals surface area contributed by atoms with Gasteiger partial charge >= 0.3 is 0 Å². The average molecular weight is 353 g/mol. The zero-order valence-corrected chi connectivity index (χ0v) is 13.9. The van der Waals surface area contributed by atoms with Crippen LogP contribution in [0.1, 0.15) is 42.5 Å². The first-order chi connectivity index (χ1) is 9.61. The second-order valence-electron chi connectivity index (χ2n) is 5.00. The Hall–Kier alpha value is -0.830. The molecule has 0 aromatic heterocycles. The molecule has 0 saturated heterocycles. The Kier molecular flexibility index (Phi) is 5.64. The summed E-state index contributed by atoms with van der Waals surface area (Å²) in [6.07, 6.45) is 3.59. The van der Waals surface area contributed by atoms with E-state index in [1.807, 2.05) is 18.2 Å². The van der Waals surface area contributed by atoms with Gasteiger partial charge < -0.3 is 5.73 Å². The van der Waals surface area contributed by atoms with E-state index < -0.39 is 0 Å². The molecule has 2 rings (SSSR count). The van der Waals surface area contributed by atoms with Gasteiger partial charge in [-0.05, 0) is 57.6 Å². The van der Waals surface area contributed by atoms with Crippen LogP contribution in [0.4, 0.5) is 0 Å². The molecular formula is C17H19BrClN. The summed E-state index contributed by atoms with van der Waals surface area (Å²) in [5.74, 6) is 0. The van der Waals surface area contributed by atoms with Gasteiger partial charge in [-0.25, -0.2) is 0 Å². The first-order valence-corrected chi connectivity index (χ1v) is 8.08. The fourth-order valence-electron chi connectivity index (χ4n) is 2.17. The lowest BCUT2D eigenvalue weighted by Crippen LogP contribution is -2.11. The van der Waals surface area contributed by atoms with Crippen molar-refractivity contribution >= 4 is 27.5 Å². The molecule has 106 valence electrons. The van der Waals surface area contributed by atoms with Gasteiger partial charge in [-0.3, -0.25) is 0 Å². The SMILES string of the molecule is CCCCc1ccc(C(N)c2ccc(Br)c(Cl)c2)cc1. The highest BCUT2D eigenvalue weighted by Gasteiger charge is 2.10. The first-order valence-electron chi connectivity index (χ1n) is 6.91. The lowest BCUT2D eigenvalue weighted by Gasteiger charge is -2.14. The first kappa shape index (κ1) is 15.6. The summed E-state index contributed by atoms with van der Waals surface area (Å²) in [4.78, 5) is 0. The molecular weight excluding hydrogens is 334 g/mol. The van der Waals surface area contributed by atoms with Crippen LogP contribution in [0.3, 0.4) is 0 Å². The van der Waals surface area contributed by atoms with Gasteiger partial charge in [0.15, 0.2) is 0 Å². The van der Waals surface area contributed by atoms with Crippen LogP contribution in [0, 0.1) is 0 Å². The number of benzene rings is 2. The van der Waals surface area contributed by atoms with E-state index in [1.165, 1.54) is 18.4 Å². The third-order valence-corrected chi connectivity index (χ3v) is 4.69. The van der Waals surface area contributed by atoms with E-state index in [1.54, 1.807) is 0 Å². The minimum Gasteiger partial charge on any atom is -0.320 e. The molecule has 0 spiro atoms. The molecule has 0 saturated carbocycles. The van der Waals surface area contributed by atoms with Crippen molar-refractivity contribution in [3.63, 3.8) is 0 Å². The van der Waals surface area contributed by atoms with E-state index in [4.69, 9.17) is 17.3 Å². The van der Waals surface area contributed by atoms with Crippen LogP contribution in [0.15, 0.2) is 46.9 Å². The standard InChI is InChI=1S/C17H19BrClN/c1-2-3-4-12-5-7-13(8-6-12)17(20)14-9-10-15(18)16(19)11-14/h5-11,17H,2-4,20H2,1H3. The number of rotatable bonds is 5. The number of nitrogens with two attached hydrogens (primary N) is 1. The van der Waals surface area contributed by atoms with E-state index >= 15 is 0 Å². The maximum absolute atomic E-state index is 6.31. The molecule has 1 nitrogen and oxygen atoms in total. The molecule has 0 radical (unpaired) electrons. The van der Waals surface area contributed by atoms with Crippen molar-refractivity contribution in [1.29, 1.82) is 0 Å². The maximum atomic E-state index is 6.31. The van der Waals surface area contributed by atoms with Gasteiger partial charge in [-0.1, -0.05) is 55.3 Å². The van der Waals surface area contributed by atoms with Crippen molar-refractivity contribution in [2.45, 2.75) is 32.2 Å². The molecule has 2 aromatic rings. The Labute approximate surface area is 134 Å². The van der Waals surface area contributed by atoms with E-state index in [9.17, 15) is 0 Å². The zero-order chi connectivity index (χ0) is 14.5. The second kappa shape index (κ2) is 7.26. The number of hydrogen-bond acceptors (Lipinski definition) is 1. The Balaban J connectivity index is 2.15. The van der Waals surface area contributed by atoms with Crippen molar-refractivity contribution in [1.82, 2.24) is 0 Å². The van der Waals surface area contributed by atoms with Gasteiger partial charge in [0.25, 0.3) is 0 Å². The van der Waals surface area contributed by atoms with Gasteiger partial charge in [0, 0.05) is 4.47 Å². The molecule has 2 aromatic carbocycles. The molecule has 2 N–H and O–H groups in total. The molecule has 0 aliphatic rings. The fourth-order valence-corrected chi connectivity index (χ4v) is 2.61. The monoisotopic (exact) mass is 351 g/mol. The third-order valence-electron chi connectivity index (χ3n) is 3.46. The largest absolute Gasteiger partial charge is 0.320 e. The van der Waals surface area contributed by atoms with E-state index in [0.717, 1.165) is 22.0 Å². The molecule has 3 heteroatoms. The fraction of sp³-hybridized carbons (Fsp3) is 0.294. The summed E-state index contributed by atoms with van der Waals surface area (Å²) in [5.41, 5.74) is 9.83. The predicted octanol–water partition coefficient (Wildman–Crippen LogP) is 5.49. The highest BCUT2D eigenvalue weighted by atomic mass is 79.9. The zero-order valence-electron chi connectivity index (χ0n) is 11.6. The topological polar surface area (TPSA) is 26.0 Å². The third kappa shape index (κ3) is 3.85. The van der Waals surface area contributed by atoms with Crippen LogP contribution < -0.4 is 5.73 Å². The summed E-state index contributed by atoms with van der Waals surface area (Å²) < 4.78 is 0.894. The predicted molar refractivity (Wildman–Crippen MR) is 90.2 cm³/mol. The van der Waals surface area contributed by atoms with E-state index in [2.05, 4.69) is 47.1 Å². The summed E-state index contributed by atoms with van der Waals surface area (Å²) in [7, 11) is 0. The maximum Gasteiger partial charge on any atom is 0.0552 e. The number of hydrogen-bond donors (Lipinski definition) is 1. The summed E-state index contributed by atoms with van der Waals surface area (Å²) in [6.45, 7) is 2.21. The van der Waals surface area contributed by atoms with Gasteiger partial charge in [-0.15, -0.1) is 0 Å². The van der Waals surface area contributed by atoms with Crippen LogP contribution in [0.2, 0.25) is 5.02 Å². The second-order valence-corrected chi connectivity index (χ2v) is 6.26. The molecule has 0 bridgehead atoms. The summed E-state index contributed by atoms with van der Waals surface area (Å²) >= 11 is 9.52. The van der Waals surface area contributed by atoms with Crippen LogP contribution in [0.5, 0.6) is 0 Å². The van der Waals surface area contributed by atoms with Crippen molar-refractivity contribution in [2.75, 3.05) is 0 Å². The molecule has 1 unspecified atom stereocenters. The summed E-state index contributed by atoms with van der Waals surface area (Å²) in [5, 5.41) is 0.692. The Morgan fingerprint density at radius 3 is 2.35 bits per heavy atom. The van der Waals surface area contributed by atoms with E-state index in [0.29, 0.717) is 5.02 Å². The molecule has 0 aliphatic carbocycles. The quantitative estimate of drug-likeness (QED) is 0.756. The van der Waals surface area contributed by atoms with Crippen molar-refractivity contribution in [3.05, 3.63) is 68.7 Å². The lowest BCUT2D eigenvalue weighted by molar-refractivity contribution is 0.793. The van der Waals surface area contributed by atoms with Crippen molar-refractivity contribution in [3.8, 4) is 0 Å². The van der Waals surface area contributed by atoms with E-state index in [-0.39, 0.29) is 6.04 Å². The number of halogens is 2. The van der Waals surface area contributed by atoms with Gasteiger partial charge in [-0.2, -0.15) is 0 Å². The average Bonchev–Trinajstić information content (AvgIpc) is 2.48. The van der Waals surface area contributed by atoms with Gasteiger partial charge in [0.05, 0.1) is 11.1 Å². The van der Waals surface area contributed by atoms with Crippen LogP contribution in [0.25, 0.3) is 0 Å². The van der Waals surface area contributed by atoms with Crippen molar-refractivity contribution < 1.29 is 0 Å². The number of aryl methyl sites for hydroxylation is 1. The molecule has 0 aliphatic heterocycles. The summed E-state index contributed by atoms with van der Waals surface area (Å²) in [6, 6.07) is 14.3. The van der Waals surface area contributed by atoms with Crippen molar-refractivity contribution in [2.24, 2.45) is 5.73 Å². The Bertz CT molecular complexity index is 566. The lowest BCUT2D eigenvalue weighted by atomic mass is 9.97. The van der Waals surface area contributed by atoms with Crippen LogP contribution >= 0.6 is 27.5 Å². The number of unbranched alkanes of at least 4 members (excludes halogenated alkanes) is 1. The van der Waals surface area contributed by atoms with Gasteiger partial charge in [0.2, 0.25) is 0 Å². The smallest absolute Gasteiger partial charge is 0.0552 e. The minimum atomic E-state index is -0.138. The van der Waals surface area contributed by atoms with Gasteiger partial charge in [0.1, 0.15) is 0 Å². The Morgan fingerprint density at radius 2 is 1.75 bits per heavy atom. The van der Waals surface area contributed by atoms with Crippen LogP contribution in [-0.2, 0) is 6.42 Å². The van der Waals surface area contributed by atoms with Crippen LogP contribution in [-0.4, -0.2) is 0 Å². The molecule has 0 fully saturated rings. The molecule has 20 heavy (non-hydrogen) atoms. The Morgan fingerprint density at radius 1 is 1.10 bits per heavy atom. The molecule has 1 atom stereocenters. The highest BCUT2D eigenvalue weighted by Crippen LogP contribution is 2.28. The highest BCUT2D eigenvalue weighted by molar-refractivity contribution is 9.10.